The molecular formula is C15H16BrNO2. The lowest BCUT2D eigenvalue weighted by molar-refractivity contribution is 0.339. The average Bonchev–Trinajstić information content (AvgIpc) is 2.38. The second-order valence-electron chi connectivity index (χ2n) is 4.15. The summed E-state index contributed by atoms with van der Waals surface area (Å²) in [5.41, 5.74) is 7.57. The SMILES string of the molecule is CCOc1ccc(Oc2cc(C)c(N)cc2Br)cc1. The maximum atomic E-state index is 5.83. The van der Waals surface area contributed by atoms with Crippen LogP contribution in [0.25, 0.3) is 0 Å². The van der Waals surface area contributed by atoms with E-state index in [9.17, 15) is 0 Å². The van der Waals surface area contributed by atoms with Crippen LogP contribution in [-0.2, 0) is 0 Å². The third-order valence-corrected chi connectivity index (χ3v) is 3.30. The molecule has 0 aliphatic carbocycles. The fourth-order valence-electron chi connectivity index (χ4n) is 1.65. The highest BCUT2D eigenvalue weighted by molar-refractivity contribution is 9.10. The van der Waals surface area contributed by atoms with Crippen LogP contribution in [0.2, 0.25) is 0 Å². The number of aryl methyl sites for hydroxylation is 1. The van der Waals surface area contributed by atoms with Gasteiger partial charge in [0.15, 0.2) is 0 Å². The number of anilines is 1. The minimum Gasteiger partial charge on any atom is -0.494 e. The Morgan fingerprint density at radius 3 is 2.37 bits per heavy atom. The Morgan fingerprint density at radius 1 is 1.11 bits per heavy atom. The van der Waals surface area contributed by atoms with Crippen molar-refractivity contribution < 1.29 is 9.47 Å². The van der Waals surface area contributed by atoms with Crippen molar-refractivity contribution in [1.29, 1.82) is 0 Å². The summed E-state index contributed by atoms with van der Waals surface area (Å²) >= 11 is 3.45. The van der Waals surface area contributed by atoms with Crippen LogP contribution in [-0.4, -0.2) is 6.61 Å². The Kier molecular flexibility index (Phi) is 4.32. The number of halogens is 1. The fourth-order valence-corrected chi connectivity index (χ4v) is 2.09. The summed E-state index contributed by atoms with van der Waals surface area (Å²) < 4.78 is 12.0. The van der Waals surface area contributed by atoms with Gasteiger partial charge in [-0.1, -0.05) is 0 Å². The number of hydrogen-bond acceptors (Lipinski definition) is 3. The van der Waals surface area contributed by atoms with Gasteiger partial charge >= 0.3 is 0 Å². The number of ether oxygens (including phenoxy) is 2. The van der Waals surface area contributed by atoms with Crippen LogP contribution in [0, 0.1) is 6.92 Å². The first-order valence-electron chi connectivity index (χ1n) is 6.06. The molecule has 0 fully saturated rings. The molecule has 100 valence electrons. The third-order valence-electron chi connectivity index (χ3n) is 2.68. The Hall–Kier alpha value is -1.68. The highest BCUT2D eigenvalue weighted by atomic mass is 79.9. The van der Waals surface area contributed by atoms with Crippen LogP contribution in [0.1, 0.15) is 12.5 Å². The van der Waals surface area contributed by atoms with E-state index in [1.165, 1.54) is 0 Å². The normalized spacial score (nSPS) is 10.3. The molecule has 0 aliphatic heterocycles. The highest BCUT2D eigenvalue weighted by Gasteiger charge is 2.06. The van der Waals surface area contributed by atoms with Gasteiger partial charge in [0.2, 0.25) is 0 Å². The van der Waals surface area contributed by atoms with Gasteiger partial charge in [0.1, 0.15) is 17.2 Å². The van der Waals surface area contributed by atoms with Crippen molar-refractivity contribution in [1.82, 2.24) is 0 Å². The largest absolute Gasteiger partial charge is 0.494 e. The molecule has 0 aliphatic rings. The second-order valence-corrected chi connectivity index (χ2v) is 5.00. The van der Waals surface area contributed by atoms with Gasteiger partial charge in [-0.05, 0) is 71.7 Å². The van der Waals surface area contributed by atoms with Crippen LogP contribution in [0.4, 0.5) is 5.69 Å². The zero-order valence-electron chi connectivity index (χ0n) is 10.9. The van der Waals surface area contributed by atoms with Crippen LogP contribution in [0.15, 0.2) is 40.9 Å². The van der Waals surface area contributed by atoms with Gasteiger partial charge < -0.3 is 15.2 Å². The maximum absolute atomic E-state index is 5.83. The monoisotopic (exact) mass is 321 g/mol. The average molecular weight is 322 g/mol. The van der Waals surface area contributed by atoms with Gasteiger partial charge in [-0.2, -0.15) is 0 Å². The summed E-state index contributed by atoms with van der Waals surface area (Å²) in [6.45, 7) is 4.56. The molecule has 0 aromatic heterocycles. The van der Waals surface area contributed by atoms with Gasteiger partial charge in [0.25, 0.3) is 0 Å². The summed E-state index contributed by atoms with van der Waals surface area (Å²) in [5.74, 6) is 2.34. The smallest absolute Gasteiger partial charge is 0.142 e. The molecule has 2 aromatic carbocycles. The van der Waals surface area contributed by atoms with Gasteiger partial charge in [-0.25, -0.2) is 0 Å². The van der Waals surface area contributed by atoms with E-state index < -0.39 is 0 Å². The second kappa shape index (κ2) is 5.97. The minimum absolute atomic E-state index is 0.656. The van der Waals surface area contributed by atoms with Crippen molar-refractivity contribution in [3.63, 3.8) is 0 Å². The van der Waals surface area contributed by atoms with Crippen molar-refractivity contribution >= 4 is 21.6 Å². The van der Waals surface area contributed by atoms with E-state index in [0.717, 1.165) is 33.0 Å². The number of rotatable bonds is 4. The Balaban J connectivity index is 2.19. The zero-order chi connectivity index (χ0) is 13.8. The lowest BCUT2D eigenvalue weighted by Gasteiger charge is -2.11. The van der Waals surface area contributed by atoms with Crippen molar-refractivity contribution in [3.8, 4) is 17.2 Å². The summed E-state index contributed by atoms with van der Waals surface area (Å²) in [6, 6.07) is 11.3. The molecule has 0 radical (unpaired) electrons. The molecule has 0 atom stereocenters. The molecule has 0 heterocycles. The highest BCUT2D eigenvalue weighted by Crippen LogP contribution is 2.33. The molecule has 0 unspecified atom stereocenters. The molecule has 4 heteroatoms. The van der Waals surface area contributed by atoms with E-state index in [0.29, 0.717) is 6.61 Å². The van der Waals surface area contributed by atoms with Crippen LogP contribution < -0.4 is 15.2 Å². The van der Waals surface area contributed by atoms with Gasteiger partial charge in [0, 0.05) is 5.69 Å². The standard InChI is InChI=1S/C15H16BrNO2/c1-3-18-11-4-6-12(7-5-11)19-15-8-10(2)14(17)9-13(15)16/h4-9H,3,17H2,1-2H3. The van der Waals surface area contributed by atoms with E-state index in [4.69, 9.17) is 15.2 Å². The van der Waals surface area contributed by atoms with Crippen molar-refractivity contribution in [3.05, 3.63) is 46.4 Å². The quantitative estimate of drug-likeness (QED) is 0.841. The van der Waals surface area contributed by atoms with Gasteiger partial charge in [0.05, 0.1) is 11.1 Å². The van der Waals surface area contributed by atoms with Crippen LogP contribution in [0.5, 0.6) is 17.2 Å². The summed E-state index contributed by atoms with van der Waals surface area (Å²) in [7, 11) is 0. The number of benzene rings is 2. The predicted molar refractivity (Wildman–Crippen MR) is 81.0 cm³/mol. The predicted octanol–water partition coefficient (Wildman–Crippen LogP) is 4.53. The summed E-state index contributed by atoms with van der Waals surface area (Å²) in [5, 5.41) is 0. The third kappa shape index (κ3) is 3.41. The van der Waals surface area contributed by atoms with Crippen molar-refractivity contribution in [2.45, 2.75) is 13.8 Å². The van der Waals surface area contributed by atoms with E-state index in [2.05, 4.69) is 15.9 Å². The number of hydrogen-bond donors (Lipinski definition) is 1. The molecule has 0 saturated carbocycles. The Bertz CT molecular complexity index is 567. The van der Waals surface area contributed by atoms with Gasteiger partial charge in [-0.15, -0.1) is 0 Å². The fraction of sp³-hybridized carbons (Fsp3) is 0.200. The maximum Gasteiger partial charge on any atom is 0.142 e. The van der Waals surface area contributed by atoms with E-state index in [-0.39, 0.29) is 0 Å². The Morgan fingerprint density at radius 2 is 1.74 bits per heavy atom. The lowest BCUT2D eigenvalue weighted by atomic mass is 10.2. The van der Waals surface area contributed by atoms with Gasteiger partial charge in [-0.3, -0.25) is 0 Å². The summed E-state index contributed by atoms with van der Waals surface area (Å²) in [4.78, 5) is 0. The van der Waals surface area contributed by atoms with E-state index in [1.807, 2.05) is 50.2 Å². The first kappa shape index (κ1) is 13.7. The minimum atomic E-state index is 0.656. The first-order chi connectivity index (χ1) is 9.10. The van der Waals surface area contributed by atoms with E-state index >= 15 is 0 Å². The zero-order valence-corrected chi connectivity index (χ0v) is 12.5. The molecule has 0 saturated heterocycles. The number of nitrogen functional groups attached to an aromatic ring is 1. The molecule has 19 heavy (non-hydrogen) atoms. The Labute approximate surface area is 121 Å². The van der Waals surface area contributed by atoms with Crippen molar-refractivity contribution in [2.75, 3.05) is 12.3 Å². The topological polar surface area (TPSA) is 44.5 Å². The summed E-state index contributed by atoms with van der Waals surface area (Å²) in [6.07, 6.45) is 0. The molecule has 0 spiro atoms. The van der Waals surface area contributed by atoms with Crippen molar-refractivity contribution in [2.24, 2.45) is 0 Å². The molecule has 0 bridgehead atoms. The lowest BCUT2D eigenvalue weighted by Crippen LogP contribution is -1.93. The number of nitrogens with two attached hydrogens (primary N) is 1. The van der Waals surface area contributed by atoms with Crippen LogP contribution >= 0.6 is 15.9 Å². The molecule has 3 nitrogen and oxygen atoms in total. The molecule has 2 N–H and O–H groups in total. The molecule has 0 amide bonds. The van der Waals surface area contributed by atoms with Crippen LogP contribution in [0.3, 0.4) is 0 Å². The first-order valence-corrected chi connectivity index (χ1v) is 6.85. The molecular weight excluding hydrogens is 306 g/mol. The molecule has 2 aromatic rings. The molecule has 2 rings (SSSR count). The van der Waals surface area contributed by atoms with E-state index in [1.54, 1.807) is 0 Å².